The number of hydrogen-bond donors (Lipinski definition) is 2. The fourth-order valence-corrected chi connectivity index (χ4v) is 3.52. The molecule has 0 amide bonds. The number of ether oxygens (including phenoxy) is 1. The summed E-state index contributed by atoms with van der Waals surface area (Å²) in [6, 6.07) is 7.04. The number of allylic oxidation sites excluding steroid dienone is 10. The second kappa shape index (κ2) is 19.1. The topological polar surface area (TPSA) is 92.8 Å². The van der Waals surface area contributed by atoms with E-state index in [-0.39, 0.29) is 12.3 Å². The van der Waals surface area contributed by atoms with Crippen molar-refractivity contribution >= 4 is 5.97 Å². The maximum Gasteiger partial charge on any atom is 0.335 e. The fourth-order valence-electron chi connectivity index (χ4n) is 3.52. The Balaban J connectivity index is 0.000000915. The molecule has 0 radical (unpaired) electrons. The number of nitrogens with zero attached hydrogens (tertiary/aromatic N) is 1. The van der Waals surface area contributed by atoms with Crippen LogP contribution < -0.4 is 4.74 Å². The Morgan fingerprint density at radius 1 is 1.12 bits per heavy atom. The van der Waals surface area contributed by atoms with Crippen LogP contribution in [0.25, 0.3) is 0 Å². The monoisotopic (exact) mass is 559 g/mol. The summed E-state index contributed by atoms with van der Waals surface area (Å²) in [7, 11) is 0. The number of carboxylic acids is 1. The summed E-state index contributed by atoms with van der Waals surface area (Å²) >= 11 is 0. The zero-order valence-corrected chi connectivity index (χ0v) is 25.3. The first-order valence-electron chi connectivity index (χ1n) is 13.9. The van der Waals surface area contributed by atoms with E-state index >= 15 is 0 Å². The molecule has 2 unspecified atom stereocenters. The molecule has 2 rings (SSSR count). The lowest BCUT2D eigenvalue weighted by molar-refractivity contribution is -0.156. The van der Waals surface area contributed by atoms with Gasteiger partial charge in [0, 0.05) is 25.2 Å². The number of carbonyl (C=O) groups is 1. The molecule has 0 fully saturated rings. The minimum Gasteiger partial charge on any atom is -0.493 e. The van der Waals surface area contributed by atoms with Gasteiger partial charge in [0.25, 0.3) is 0 Å². The number of hydrogen-bond acceptors (Lipinski definition) is 5. The molecule has 1 heterocycles. The average molecular weight is 560 g/mol. The zero-order chi connectivity index (χ0) is 30.7. The van der Waals surface area contributed by atoms with Crippen molar-refractivity contribution in [2.75, 3.05) is 6.61 Å². The summed E-state index contributed by atoms with van der Waals surface area (Å²) < 4.78 is 11.6. The van der Waals surface area contributed by atoms with Gasteiger partial charge in [0.1, 0.15) is 11.5 Å². The van der Waals surface area contributed by atoms with Crippen LogP contribution in [0.2, 0.25) is 0 Å². The molecule has 0 spiro atoms. The lowest BCUT2D eigenvalue weighted by Gasteiger charge is -2.17. The van der Waals surface area contributed by atoms with E-state index in [0.29, 0.717) is 31.1 Å². The summed E-state index contributed by atoms with van der Waals surface area (Å²) in [5.74, 6) is 3.70. The first kappa shape index (κ1) is 34.9. The molecule has 220 valence electrons. The van der Waals surface area contributed by atoms with Gasteiger partial charge in [-0.05, 0) is 65.7 Å². The van der Waals surface area contributed by atoms with Gasteiger partial charge in [-0.25, -0.2) is 9.78 Å². The number of oxazole rings is 1. The summed E-state index contributed by atoms with van der Waals surface area (Å²) in [4.78, 5) is 15.7. The summed E-state index contributed by atoms with van der Waals surface area (Å²) in [5, 5.41) is 18.9. The molecule has 1 aromatic carbocycles. The Morgan fingerprint density at radius 2 is 1.76 bits per heavy atom. The van der Waals surface area contributed by atoms with E-state index in [4.69, 9.17) is 20.7 Å². The van der Waals surface area contributed by atoms with Gasteiger partial charge in [0.2, 0.25) is 0 Å². The van der Waals surface area contributed by atoms with Gasteiger partial charge in [-0.15, -0.1) is 6.42 Å². The molecule has 0 aliphatic carbocycles. The van der Waals surface area contributed by atoms with Crippen LogP contribution in [0.3, 0.4) is 0 Å². The van der Waals surface area contributed by atoms with Gasteiger partial charge < -0.3 is 19.4 Å². The van der Waals surface area contributed by atoms with Crippen molar-refractivity contribution in [3.63, 3.8) is 0 Å². The first-order chi connectivity index (χ1) is 19.6. The quantitative estimate of drug-likeness (QED) is 0.185. The van der Waals surface area contributed by atoms with Crippen LogP contribution in [-0.2, 0) is 24.1 Å². The van der Waals surface area contributed by atoms with E-state index < -0.39 is 11.6 Å². The predicted octanol–water partition coefficient (Wildman–Crippen LogP) is 7.38. The maximum atomic E-state index is 11.1. The molecule has 2 N–H and O–H groups in total. The Morgan fingerprint density at radius 3 is 2.29 bits per heavy atom. The fraction of sp³-hybridized carbons (Fsp3) is 0.371. The highest BCUT2D eigenvalue weighted by Gasteiger charge is 2.29. The highest BCUT2D eigenvalue weighted by Crippen LogP contribution is 2.19. The van der Waals surface area contributed by atoms with Gasteiger partial charge in [-0.2, -0.15) is 0 Å². The third kappa shape index (κ3) is 14.2. The lowest BCUT2D eigenvalue weighted by atomic mass is 9.97. The van der Waals surface area contributed by atoms with Crippen molar-refractivity contribution in [2.45, 2.75) is 72.8 Å². The smallest absolute Gasteiger partial charge is 0.335 e. The second-order valence-corrected chi connectivity index (χ2v) is 9.72. The van der Waals surface area contributed by atoms with E-state index in [0.717, 1.165) is 23.4 Å². The number of aromatic nitrogens is 1. The van der Waals surface area contributed by atoms with Crippen LogP contribution in [0.15, 0.2) is 88.9 Å². The van der Waals surface area contributed by atoms with E-state index in [1.54, 1.807) is 24.3 Å². The number of aryl methyl sites for hydroxylation is 2. The van der Waals surface area contributed by atoms with Crippen LogP contribution in [0.5, 0.6) is 5.75 Å². The minimum atomic E-state index is -1.80. The van der Waals surface area contributed by atoms with Gasteiger partial charge in [0.15, 0.2) is 11.5 Å². The normalized spacial score (nSPS) is 14.2. The van der Waals surface area contributed by atoms with Crippen LogP contribution in [0, 0.1) is 25.2 Å². The zero-order valence-electron chi connectivity index (χ0n) is 25.3. The molecule has 0 saturated carbocycles. The van der Waals surface area contributed by atoms with Gasteiger partial charge in [-0.3, -0.25) is 0 Å². The van der Waals surface area contributed by atoms with Crippen molar-refractivity contribution in [3.8, 4) is 18.1 Å². The Bertz CT molecular complexity index is 1240. The molecular formula is C35H45NO5. The van der Waals surface area contributed by atoms with Crippen molar-refractivity contribution in [2.24, 2.45) is 5.92 Å². The number of carboxylic acid groups (broad SMARTS) is 1. The number of aliphatic carboxylic acids is 1. The second-order valence-electron chi connectivity index (χ2n) is 9.72. The number of benzene rings is 1. The molecule has 1 aromatic heterocycles. The molecule has 0 saturated heterocycles. The first-order valence-corrected chi connectivity index (χ1v) is 13.9. The average Bonchev–Trinajstić information content (AvgIpc) is 3.31. The summed E-state index contributed by atoms with van der Waals surface area (Å²) in [6.45, 7) is 11.6. The molecule has 2 aromatic rings. The Hall–Kier alpha value is -4.08. The van der Waals surface area contributed by atoms with Crippen molar-refractivity contribution in [3.05, 3.63) is 107 Å². The third-order valence-electron chi connectivity index (χ3n) is 6.06. The predicted molar refractivity (Wildman–Crippen MR) is 167 cm³/mol. The van der Waals surface area contributed by atoms with Crippen LogP contribution >= 0.6 is 0 Å². The molecule has 0 aliphatic heterocycles. The molecule has 2 atom stereocenters. The van der Waals surface area contributed by atoms with Crippen LogP contribution in [0.4, 0.5) is 0 Å². The summed E-state index contributed by atoms with van der Waals surface area (Å²) in [6.07, 6.45) is 25.7. The molecule has 6 nitrogen and oxygen atoms in total. The molecular weight excluding hydrogens is 514 g/mol. The molecule has 0 bridgehead atoms. The molecule has 0 aliphatic rings. The van der Waals surface area contributed by atoms with Gasteiger partial charge in [0.05, 0.1) is 12.3 Å². The Labute approximate surface area is 245 Å². The lowest BCUT2D eigenvalue weighted by Crippen LogP contribution is -2.37. The van der Waals surface area contributed by atoms with Crippen molar-refractivity contribution in [1.29, 1.82) is 0 Å². The van der Waals surface area contributed by atoms with E-state index in [1.807, 2.05) is 77.2 Å². The van der Waals surface area contributed by atoms with E-state index in [1.165, 1.54) is 12.5 Å². The van der Waals surface area contributed by atoms with E-state index in [9.17, 15) is 9.90 Å². The standard InChI is InChI=1S/C27H33NO5.C8H12/c1-6-19(3)8-9-21(7-2)12-15-25-28-24(20(4)33-25)16-17-32-23-13-10-22(11-14-23)18-27(5,31)26(29)30;1-3-5-7-8-6-4-2/h1,7-11,13-14,19,31H,12,15-18H2,2-5H3,(H,29,30);3-8H,1-2H3/b9-8-,21-7+;5-3-,6-4-,8-7-. The largest absolute Gasteiger partial charge is 0.493 e. The Kier molecular flexibility index (Phi) is 16.3. The van der Waals surface area contributed by atoms with Crippen LogP contribution in [-0.4, -0.2) is 33.4 Å². The van der Waals surface area contributed by atoms with Gasteiger partial charge in [-0.1, -0.05) is 78.3 Å². The van der Waals surface area contributed by atoms with Crippen molar-refractivity contribution in [1.82, 2.24) is 4.98 Å². The minimum absolute atomic E-state index is 0.0250. The van der Waals surface area contributed by atoms with Crippen LogP contribution in [0.1, 0.15) is 63.9 Å². The molecule has 41 heavy (non-hydrogen) atoms. The summed E-state index contributed by atoms with van der Waals surface area (Å²) in [5.41, 5.74) is 0.980. The SMILES string of the molecule is C#CC(C)/C=C\C(=C/C)CCc1nc(CCOc2ccc(CC(C)(O)C(=O)O)cc2)c(C)o1.C\C=C/C=C\C=C/C. The number of aliphatic hydroxyl groups is 1. The molecule has 6 heteroatoms. The maximum absolute atomic E-state index is 11.1. The van der Waals surface area contributed by atoms with Crippen molar-refractivity contribution < 1.29 is 24.2 Å². The highest BCUT2D eigenvalue weighted by molar-refractivity contribution is 5.76. The third-order valence-corrected chi connectivity index (χ3v) is 6.06. The number of rotatable bonds is 14. The van der Waals surface area contributed by atoms with Gasteiger partial charge >= 0.3 is 5.97 Å². The highest BCUT2D eigenvalue weighted by atomic mass is 16.5. The van der Waals surface area contributed by atoms with E-state index in [2.05, 4.69) is 23.1 Å². The number of terminal acetylenes is 1.